The van der Waals surface area contributed by atoms with Gasteiger partial charge in [-0.05, 0) is 19.8 Å². The molecule has 24 heavy (non-hydrogen) atoms. The number of benzene rings is 1. The summed E-state index contributed by atoms with van der Waals surface area (Å²) in [5.74, 6) is 0.762. The summed E-state index contributed by atoms with van der Waals surface area (Å²) in [6, 6.07) is 8.70. The molecule has 2 heterocycles. The van der Waals surface area contributed by atoms with Gasteiger partial charge in [0.05, 0.1) is 0 Å². The van der Waals surface area contributed by atoms with Gasteiger partial charge >= 0.3 is 0 Å². The largest absolute Gasteiger partial charge is 0.364 e. The number of fused-ring (bicyclic) bond motifs is 1. The number of aromatic nitrogens is 3. The van der Waals surface area contributed by atoms with Gasteiger partial charge < -0.3 is 9.84 Å². The first-order chi connectivity index (χ1) is 11.8. The summed E-state index contributed by atoms with van der Waals surface area (Å²) in [6.07, 6.45) is 9.17. The number of anilines is 1. The molecule has 4 rings (SSSR count). The van der Waals surface area contributed by atoms with E-state index in [0.717, 1.165) is 22.6 Å². The van der Waals surface area contributed by atoms with E-state index >= 15 is 0 Å². The molecule has 1 saturated carbocycles. The van der Waals surface area contributed by atoms with Crippen molar-refractivity contribution in [1.82, 2.24) is 15.1 Å². The van der Waals surface area contributed by atoms with Crippen LogP contribution in [-0.2, 0) is 0 Å². The minimum atomic E-state index is 0.457. The molecule has 0 atom stereocenters. The van der Waals surface area contributed by atoms with Gasteiger partial charge in [-0.3, -0.25) is 0 Å². The van der Waals surface area contributed by atoms with Gasteiger partial charge in [-0.1, -0.05) is 60.7 Å². The summed E-state index contributed by atoms with van der Waals surface area (Å²) in [5, 5.41) is 7.80. The Hall–Kier alpha value is -2.43. The van der Waals surface area contributed by atoms with Crippen LogP contribution in [-0.4, -0.2) is 21.2 Å². The smallest absolute Gasteiger partial charge is 0.228 e. The number of nitrogens with one attached hydrogen (secondary N) is 1. The van der Waals surface area contributed by atoms with Crippen molar-refractivity contribution in [1.29, 1.82) is 0 Å². The Morgan fingerprint density at radius 2 is 1.75 bits per heavy atom. The standard InChI is InChI=1S/C19H22N4O/c1-13-8-10-14(11-9-13)16-17-18(24-23-16)19(21-12-20-17)22-15-6-4-2-3-5-7-15/h8-12,15H,2-7H2,1H3,(H,20,21,22). The fourth-order valence-corrected chi connectivity index (χ4v) is 3.38. The number of hydrogen-bond donors (Lipinski definition) is 1. The average molecular weight is 322 g/mol. The van der Waals surface area contributed by atoms with Crippen LogP contribution >= 0.6 is 0 Å². The van der Waals surface area contributed by atoms with Crippen LogP contribution in [0.2, 0.25) is 0 Å². The van der Waals surface area contributed by atoms with Crippen LogP contribution in [0.5, 0.6) is 0 Å². The predicted molar refractivity (Wildman–Crippen MR) is 94.9 cm³/mol. The summed E-state index contributed by atoms with van der Waals surface area (Å²) < 4.78 is 5.60. The van der Waals surface area contributed by atoms with Gasteiger partial charge in [-0.15, -0.1) is 0 Å². The molecule has 1 N–H and O–H groups in total. The lowest BCUT2D eigenvalue weighted by Crippen LogP contribution is -2.19. The maximum absolute atomic E-state index is 5.60. The molecule has 1 aliphatic carbocycles. The van der Waals surface area contributed by atoms with Gasteiger partial charge in [0.15, 0.2) is 5.82 Å². The topological polar surface area (TPSA) is 63.8 Å². The number of hydrogen-bond acceptors (Lipinski definition) is 5. The second kappa shape index (κ2) is 6.59. The summed E-state index contributed by atoms with van der Waals surface area (Å²) >= 11 is 0. The monoisotopic (exact) mass is 322 g/mol. The number of nitrogens with zero attached hydrogens (tertiary/aromatic N) is 3. The van der Waals surface area contributed by atoms with Crippen molar-refractivity contribution in [3.05, 3.63) is 36.2 Å². The Morgan fingerprint density at radius 3 is 2.50 bits per heavy atom. The first-order valence-corrected chi connectivity index (χ1v) is 8.75. The van der Waals surface area contributed by atoms with Crippen molar-refractivity contribution in [3.8, 4) is 11.3 Å². The molecule has 0 saturated heterocycles. The fraction of sp³-hybridized carbons (Fsp3) is 0.421. The summed E-state index contributed by atoms with van der Waals surface area (Å²) in [6.45, 7) is 2.07. The van der Waals surface area contributed by atoms with Gasteiger partial charge in [-0.2, -0.15) is 0 Å². The molecule has 1 aliphatic rings. The van der Waals surface area contributed by atoms with E-state index in [1.165, 1.54) is 44.1 Å². The zero-order valence-corrected chi connectivity index (χ0v) is 14.0. The van der Waals surface area contributed by atoms with Crippen LogP contribution in [0.3, 0.4) is 0 Å². The molecule has 2 aromatic heterocycles. The molecule has 1 aromatic carbocycles. The normalized spacial score (nSPS) is 16.2. The lowest BCUT2D eigenvalue weighted by atomic mass is 10.1. The zero-order chi connectivity index (χ0) is 16.4. The van der Waals surface area contributed by atoms with Gasteiger partial charge in [0.2, 0.25) is 5.58 Å². The molecule has 5 heteroatoms. The molecule has 0 bridgehead atoms. The van der Waals surface area contributed by atoms with Crippen LogP contribution in [0.25, 0.3) is 22.4 Å². The van der Waals surface area contributed by atoms with Gasteiger partial charge in [0, 0.05) is 11.6 Å². The highest BCUT2D eigenvalue weighted by Gasteiger charge is 2.19. The van der Waals surface area contributed by atoms with Crippen LogP contribution in [0.4, 0.5) is 5.82 Å². The minimum absolute atomic E-state index is 0.457. The Labute approximate surface area is 141 Å². The fourth-order valence-electron chi connectivity index (χ4n) is 3.38. The summed E-state index contributed by atoms with van der Waals surface area (Å²) in [5.41, 5.74) is 4.42. The molecular weight excluding hydrogens is 300 g/mol. The third-order valence-electron chi connectivity index (χ3n) is 4.78. The Bertz CT molecular complexity index is 817. The highest BCUT2D eigenvalue weighted by atomic mass is 16.5. The quantitative estimate of drug-likeness (QED) is 0.706. The van der Waals surface area contributed by atoms with E-state index in [1.807, 2.05) is 12.1 Å². The van der Waals surface area contributed by atoms with Crippen LogP contribution in [0.1, 0.15) is 44.1 Å². The van der Waals surface area contributed by atoms with Gasteiger partial charge in [0.1, 0.15) is 17.5 Å². The molecule has 0 radical (unpaired) electrons. The van der Waals surface area contributed by atoms with Crippen molar-refractivity contribution < 1.29 is 4.52 Å². The van der Waals surface area contributed by atoms with E-state index in [2.05, 4.69) is 39.5 Å². The summed E-state index contributed by atoms with van der Waals surface area (Å²) in [4.78, 5) is 8.80. The highest BCUT2D eigenvalue weighted by molar-refractivity contribution is 5.93. The van der Waals surface area contributed by atoms with Crippen molar-refractivity contribution in [2.75, 3.05) is 5.32 Å². The lowest BCUT2D eigenvalue weighted by molar-refractivity contribution is 0.458. The van der Waals surface area contributed by atoms with Crippen LogP contribution in [0, 0.1) is 6.92 Å². The van der Waals surface area contributed by atoms with E-state index in [4.69, 9.17) is 4.52 Å². The van der Waals surface area contributed by atoms with Gasteiger partial charge in [-0.25, -0.2) is 9.97 Å². The van der Waals surface area contributed by atoms with E-state index < -0.39 is 0 Å². The molecule has 124 valence electrons. The predicted octanol–water partition coefficient (Wildman–Crippen LogP) is 4.73. The SMILES string of the molecule is Cc1ccc(-c2noc3c(NC4CCCCCC4)ncnc23)cc1. The molecule has 1 fully saturated rings. The molecular formula is C19H22N4O. The maximum Gasteiger partial charge on any atom is 0.228 e. The average Bonchev–Trinajstić information content (AvgIpc) is 2.87. The maximum atomic E-state index is 5.60. The first kappa shape index (κ1) is 15.1. The third-order valence-corrected chi connectivity index (χ3v) is 4.78. The van der Waals surface area contributed by atoms with E-state index in [-0.39, 0.29) is 0 Å². The number of rotatable bonds is 3. The second-order valence-corrected chi connectivity index (χ2v) is 6.63. The molecule has 3 aromatic rings. The molecule has 5 nitrogen and oxygen atoms in total. The Kier molecular flexibility index (Phi) is 4.15. The number of aryl methyl sites for hydroxylation is 1. The Morgan fingerprint density at radius 1 is 1.00 bits per heavy atom. The van der Waals surface area contributed by atoms with Crippen molar-refractivity contribution in [2.24, 2.45) is 0 Å². The van der Waals surface area contributed by atoms with E-state index in [1.54, 1.807) is 6.33 Å². The molecule has 0 unspecified atom stereocenters. The lowest BCUT2D eigenvalue weighted by Gasteiger charge is -2.16. The Balaban J connectivity index is 1.67. The van der Waals surface area contributed by atoms with Crippen LogP contribution < -0.4 is 5.32 Å². The van der Waals surface area contributed by atoms with Crippen LogP contribution in [0.15, 0.2) is 35.1 Å². The third kappa shape index (κ3) is 2.98. The van der Waals surface area contributed by atoms with Crippen molar-refractivity contribution >= 4 is 16.9 Å². The first-order valence-electron chi connectivity index (χ1n) is 8.75. The second-order valence-electron chi connectivity index (χ2n) is 6.63. The highest BCUT2D eigenvalue weighted by Crippen LogP contribution is 2.30. The van der Waals surface area contributed by atoms with Crippen molar-refractivity contribution in [2.45, 2.75) is 51.5 Å². The van der Waals surface area contributed by atoms with E-state index in [9.17, 15) is 0 Å². The van der Waals surface area contributed by atoms with E-state index in [0.29, 0.717) is 11.6 Å². The van der Waals surface area contributed by atoms with Gasteiger partial charge in [0.25, 0.3) is 0 Å². The molecule has 0 spiro atoms. The summed E-state index contributed by atoms with van der Waals surface area (Å²) in [7, 11) is 0. The minimum Gasteiger partial charge on any atom is -0.364 e. The molecule has 0 amide bonds. The van der Waals surface area contributed by atoms with Crippen molar-refractivity contribution in [3.63, 3.8) is 0 Å². The molecule has 0 aliphatic heterocycles. The zero-order valence-electron chi connectivity index (χ0n) is 14.0.